The molecule has 1 heterocycles. The molecule has 0 radical (unpaired) electrons. The largest absolute Gasteiger partial charge is 0.491 e. The van der Waals surface area contributed by atoms with Gasteiger partial charge in [0, 0.05) is 16.7 Å². The number of benzene rings is 2. The first-order chi connectivity index (χ1) is 9.76. The molecule has 20 heavy (non-hydrogen) atoms. The van der Waals surface area contributed by atoms with E-state index in [9.17, 15) is 0 Å². The number of halogens is 1. The summed E-state index contributed by atoms with van der Waals surface area (Å²) in [5, 5.41) is 1.09. The summed E-state index contributed by atoms with van der Waals surface area (Å²) >= 11 is 8.08. The van der Waals surface area contributed by atoms with Crippen molar-refractivity contribution in [3.8, 4) is 5.75 Å². The van der Waals surface area contributed by atoms with Gasteiger partial charge in [0.1, 0.15) is 12.4 Å². The fraction of sp³-hybridized carbons (Fsp3) is 0.250. The highest BCUT2D eigenvalue weighted by atomic mass is 35.5. The summed E-state index contributed by atoms with van der Waals surface area (Å²) in [6.07, 6.45) is 1.05. The van der Waals surface area contributed by atoms with Gasteiger partial charge in [0.2, 0.25) is 0 Å². The van der Waals surface area contributed by atoms with Gasteiger partial charge in [0.05, 0.1) is 5.02 Å². The van der Waals surface area contributed by atoms with Crippen LogP contribution in [0.25, 0.3) is 0 Å². The molecule has 1 aliphatic rings. The van der Waals surface area contributed by atoms with Crippen molar-refractivity contribution in [1.82, 2.24) is 0 Å². The average molecular weight is 306 g/mol. The average Bonchev–Trinajstić information content (AvgIpc) is 2.88. The lowest BCUT2D eigenvalue weighted by Gasteiger charge is -2.12. The highest BCUT2D eigenvalue weighted by Gasteiger charge is 2.22. The summed E-state index contributed by atoms with van der Waals surface area (Å²) in [7, 11) is 0. The van der Waals surface area contributed by atoms with Crippen LogP contribution in [0.15, 0.2) is 47.4 Å². The van der Waals surface area contributed by atoms with Gasteiger partial charge in [-0.15, -0.1) is 11.8 Å². The minimum absolute atomic E-state index is 0.456. The topological polar surface area (TPSA) is 35.2 Å². The molecule has 1 unspecified atom stereocenters. The second-order valence-electron chi connectivity index (χ2n) is 4.83. The van der Waals surface area contributed by atoms with Crippen molar-refractivity contribution in [2.45, 2.75) is 23.1 Å². The Balaban J connectivity index is 1.61. The van der Waals surface area contributed by atoms with Crippen LogP contribution < -0.4 is 10.5 Å². The molecule has 0 amide bonds. The Morgan fingerprint density at radius 1 is 1.25 bits per heavy atom. The lowest BCUT2D eigenvalue weighted by molar-refractivity contribution is 0.317. The van der Waals surface area contributed by atoms with Crippen LogP contribution in [0.1, 0.15) is 11.1 Å². The van der Waals surface area contributed by atoms with Gasteiger partial charge in [-0.3, -0.25) is 0 Å². The summed E-state index contributed by atoms with van der Waals surface area (Å²) in [5.74, 6) is 0.737. The molecule has 0 aromatic heterocycles. The molecule has 0 saturated carbocycles. The summed E-state index contributed by atoms with van der Waals surface area (Å²) in [6.45, 7) is 1.16. The molecule has 1 atom stereocenters. The quantitative estimate of drug-likeness (QED) is 0.930. The maximum atomic E-state index is 6.20. The van der Waals surface area contributed by atoms with Gasteiger partial charge in [0.15, 0.2) is 0 Å². The molecular formula is C16H16ClNOS. The third-order valence-corrected chi connectivity index (χ3v) is 4.95. The van der Waals surface area contributed by atoms with Crippen LogP contribution in [0.3, 0.4) is 0 Å². The normalized spacial score (nSPS) is 17.0. The molecular weight excluding hydrogens is 290 g/mol. The number of fused-ring (bicyclic) bond motifs is 1. The third-order valence-electron chi connectivity index (χ3n) is 3.37. The Morgan fingerprint density at radius 3 is 2.85 bits per heavy atom. The number of rotatable bonds is 4. The molecule has 0 aliphatic carbocycles. The van der Waals surface area contributed by atoms with Crippen LogP contribution in [0.4, 0.5) is 0 Å². The first kappa shape index (κ1) is 13.8. The molecule has 3 rings (SSSR count). The van der Waals surface area contributed by atoms with Gasteiger partial charge >= 0.3 is 0 Å². The van der Waals surface area contributed by atoms with Crippen molar-refractivity contribution in [3.63, 3.8) is 0 Å². The van der Waals surface area contributed by atoms with E-state index in [0.717, 1.165) is 17.7 Å². The minimum Gasteiger partial charge on any atom is -0.491 e. The lowest BCUT2D eigenvalue weighted by atomic mass is 10.1. The Bertz CT molecular complexity index is 592. The molecule has 0 fully saturated rings. The van der Waals surface area contributed by atoms with Crippen LogP contribution in [0, 0.1) is 0 Å². The van der Waals surface area contributed by atoms with Crippen molar-refractivity contribution < 1.29 is 4.74 Å². The van der Waals surface area contributed by atoms with Crippen molar-refractivity contribution in [3.05, 3.63) is 58.6 Å². The number of hydrogen-bond acceptors (Lipinski definition) is 3. The highest BCUT2D eigenvalue weighted by Crippen LogP contribution is 2.37. The van der Waals surface area contributed by atoms with Gasteiger partial charge in [0.25, 0.3) is 0 Å². The standard InChI is InChI=1S/C16H16ClNOS/c17-14-7-11(9-18)5-6-15(14)19-10-13-8-12-3-1-2-4-16(12)20-13/h1-7,13H,8-10,18H2. The SMILES string of the molecule is NCc1ccc(OCC2Cc3ccccc3S2)c(Cl)c1. The molecule has 104 valence electrons. The van der Waals surface area contributed by atoms with Gasteiger partial charge < -0.3 is 10.5 Å². The van der Waals surface area contributed by atoms with Crippen LogP contribution in [-0.2, 0) is 13.0 Å². The summed E-state index contributed by atoms with van der Waals surface area (Å²) in [6, 6.07) is 14.2. The van der Waals surface area contributed by atoms with E-state index in [0.29, 0.717) is 23.4 Å². The molecule has 0 saturated heterocycles. The van der Waals surface area contributed by atoms with Crippen molar-refractivity contribution >= 4 is 23.4 Å². The highest BCUT2D eigenvalue weighted by molar-refractivity contribution is 8.00. The fourth-order valence-corrected chi connectivity index (χ4v) is 3.79. The number of ether oxygens (including phenoxy) is 1. The predicted molar refractivity (Wildman–Crippen MR) is 84.6 cm³/mol. The van der Waals surface area contributed by atoms with Crippen LogP contribution in [0.2, 0.25) is 5.02 Å². The Kier molecular flexibility index (Phi) is 4.20. The molecule has 2 N–H and O–H groups in total. The Hall–Kier alpha value is -1.16. The van der Waals surface area contributed by atoms with E-state index in [4.69, 9.17) is 22.1 Å². The second kappa shape index (κ2) is 6.08. The first-order valence-electron chi connectivity index (χ1n) is 6.62. The summed E-state index contributed by atoms with van der Waals surface area (Å²) in [5.41, 5.74) is 8.02. The zero-order valence-electron chi connectivity index (χ0n) is 11.0. The van der Waals surface area contributed by atoms with Gasteiger partial charge in [-0.1, -0.05) is 35.9 Å². The number of nitrogens with two attached hydrogens (primary N) is 1. The van der Waals surface area contributed by atoms with E-state index < -0.39 is 0 Å². The molecule has 2 aromatic rings. The van der Waals surface area contributed by atoms with Crippen molar-refractivity contribution in [2.75, 3.05) is 6.61 Å². The Labute approximate surface area is 128 Å². The number of hydrogen-bond donors (Lipinski definition) is 1. The minimum atomic E-state index is 0.456. The molecule has 1 aliphatic heterocycles. The van der Waals surface area contributed by atoms with Crippen molar-refractivity contribution in [1.29, 1.82) is 0 Å². The van der Waals surface area contributed by atoms with E-state index in [1.165, 1.54) is 10.5 Å². The maximum absolute atomic E-state index is 6.20. The molecule has 0 bridgehead atoms. The van der Waals surface area contributed by atoms with E-state index in [2.05, 4.69) is 24.3 Å². The maximum Gasteiger partial charge on any atom is 0.137 e. The number of thioether (sulfide) groups is 1. The summed E-state index contributed by atoms with van der Waals surface area (Å²) in [4.78, 5) is 1.37. The lowest BCUT2D eigenvalue weighted by Crippen LogP contribution is -2.13. The monoisotopic (exact) mass is 305 g/mol. The third kappa shape index (κ3) is 2.95. The molecule has 0 spiro atoms. The van der Waals surface area contributed by atoms with E-state index in [1.54, 1.807) is 0 Å². The second-order valence-corrected chi connectivity index (χ2v) is 6.58. The zero-order valence-corrected chi connectivity index (χ0v) is 12.6. The van der Waals surface area contributed by atoms with Crippen LogP contribution in [0.5, 0.6) is 5.75 Å². The van der Waals surface area contributed by atoms with Crippen molar-refractivity contribution in [2.24, 2.45) is 5.73 Å². The van der Waals surface area contributed by atoms with E-state index >= 15 is 0 Å². The Morgan fingerprint density at radius 2 is 2.10 bits per heavy atom. The van der Waals surface area contributed by atoms with Crippen LogP contribution >= 0.6 is 23.4 Å². The van der Waals surface area contributed by atoms with Gasteiger partial charge in [-0.25, -0.2) is 0 Å². The van der Waals surface area contributed by atoms with Gasteiger partial charge in [-0.05, 0) is 35.7 Å². The van der Waals surface area contributed by atoms with Crippen LogP contribution in [-0.4, -0.2) is 11.9 Å². The molecule has 2 aromatic carbocycles. The smallest absolute Gasteiger partial charge is 0.137 e. The first-order valence-corrected chi connectivity index (χ1v) is 7.88. The predicted octanol–water partition coefficient (Wildman–Crippen LogP) is 3.89. The van der Waals surface area contributed by atoms with Gasteiger partial charge in [-0.2, -0.15) is 0 Å². The van der Waals surface area contributed by atoms with E-state index in [1.807, 2.05) is 30.0 Å². The molecule has 4 heteroatoms. The summed E-state index contributed by atoms with van der Waals surface area (Å²) < 4.78 is 5.86. The fourth-order valence-electron chi connectivity index (χ4n) is 2.32. The van der Waals surface area contributed by atoms with E-state index in [-0.39, 0.29) is 0 Å². The molecule has 2 nitrogen and oxygen atoms in total. The zero-order chi connectivity index (χ0) is 13.9.